The molecule has 0 radical (unpaired) electrons. The monoisotopic (exact) mass is 559 g/mol. The second kappa shape index (κ2) is 15.4. The van der Waals surface area contributed by atoms with Crippen molar-refractivity contribution in [2.24, 2.45) is 0 Å². The van der Waals surface area contributed by atoms with E-state index in [0.29, 0.717) is 41.0 Å². The molecule has 40 heavy (non-hydrogen) atoms. The molecule has 9 nitrogen and oxygen atoms in total. The highest BCUT2D eigenvalue weighted by Gasteiger charge is 2.26. The zero-order valence-corrected chi connectivity index (χ0v) is 24.8. The summed E-state index contributed by atoms with van der Waals surface area (Å²) in [6.45, 7) is 9.53. The van der Waals surface area contributed by atoms with Crippen LogP contribution in [0.15, 0.2) is 30.5 Å². The summed E-state index contributed by atoms with van der Waals surface area (Å²) in [4.78, 5) is 30.8. The van der Waals surface area contributed by atoms with E-state index in [1.807, 2.05) is 46.0 Å². The third-order valence-electron chi connectivity index (χ3n) is 6.39. The van der Waals surface area contributed by atoms with Gasteiger partial charge in [0.2, 0.25) is 0 Å². The van der Waals surface area contributed by atoms with Gasteiger partial charge in [0.05, 0.1) is 37.7 Å². The normalized spacial score (nSPS) is 11.8. The first kappa shape index (κ1) is 32.9. The van der Waals surface area contributed by atoms with Gasteiger partial charge in [0, 0.05) is 44.4 Å². The lowest BCUT2D eigenvalue weighted by Gasteiger charge is -2.27. The average Bonchev–Trinajstić information content (AvgIpc) is 3.27. The van der Waals surface area contributed by atoms with Gasteiger partial charge in [-0.15, -0.1) is 0 Å². The first-order chi connectivity index (χ1) is 19.1. The van der Waals surface area contributed by atoms with E-state index in [4.69, 9.17) is 19.2 Å². The van der Waals surface area contributed by atoms with Crippen LogP contribution < -0.4 is 0 Å². The molecule has 1 amide bonds. The van der Waals surface area contributed by atoms with Gasteiger partial charge in [-0.1, -0.05) is 20.8 Å². The Morgan fingerprint density at radius 1 is 1.10 bits per heavy atom. The minimum absolute atomic E-state index is 0.0386. The molecule has 0 unspecified atom stereocenters. The number of benzene rings is 1. The summed E-state index contributed by atoms with van der Waals surface area (Å²) in [5, 5.41) is 11.1. The first-order valence-electron chi connectivity index (χ1n) is 13.5. The number of methoxy groups -OCH3 is 3. The molecule has 0 bridgehead atoms. The number of aryl methyl sites for hydroxylation is 2. The lowest BCUT2D eigenvalue weighted by molar-refractivity contribution is -0.115. The standard InChI is InChI=1S/C28H36FN3O6.C2H6/c1-7-8-23(34)19-12-18(3)26(21(29)13-19)27-22(32-10-9-17(2)11-24(32)30-27)14-20(33)15-31(28(35)38-6)16-25(36-4)37-5;1-2/h9-13,20,25,33H,7-8,14-16H2,1-6H3;1-2H3/t20-;/m0./s1. The van der Waals surface area contributed by atoms with Crippen LogP contribution in [0.2, 0.25) is 0 Å². The number of aliphatic hydroxyl groups excluding tert-OH is 1. The highest BCUT2D eigenvalue weighted by molar-refractivity contribution is 5.97. The molecule has 0 aliphatic carbocycles. The van der Waals surface area contributed by atoms with E-state index in [1.54, 1.807) is 17.4 Å². The topological polar surface area (TPSA) is 103 Å². The molecule has 0 saturated carbocycles. The fraction of sp³-hybridized carbons (Fsp3) is 0.500. The zero-order chi connectivity index (χ0) is 30.0. The van der Waals surface area contributed by atoms with Crippen LogP contribution in [-0.4, -0.2) is 78.1 Å². The molecule has 220 valence electrons. The highest BCUT2D eigenvalue weighted by atomic mass is 19.1. The van der Waals surface area contributed by atoms with E-state index in [1.165, 1.54) is 32.3 Å². The molecule has 10 heteroatoms. The Morgan fingerprint density at radius 2 is 1.77 bits per heavy atom. The number of imidazole rings is 1. The third kappa shape index (κ3) is 7.87. The van der Waals surface area contributed by atoms with Crippen LogP contribution in [-0.2, 0) is 20.6 Å². The summed E-state index contributed by atoms with van der Waals surface area (Å²) in [6, 6.07) is 6.70. The van der Waals surface area contributed by atoms with Crippen LogP contribution in [0.25, 0.3) is 16.9 Å². The van der Waals surface area contributed by atoms with Gasteiger partial charge in [-0.3, -0.25) is 4.79 Å². The molecule has 0 aliphatic rings. The third-order valence-corrected chi connectivity index (χ3v) is 6.39. The molecule has 0 aliphatic heterocycles. The fourth-order valence-corrected chi connectivity index (χ4v) is 4.49. The van der Waals surface area contributed by atoms with Crippen molar-refractivity contribution in [2.75, 3.05) is 34.4 Å². The smallest absolute Gasteiger partial charge is 0.409 e. The van der Waals surface area contributed by atoms with Crippen molar-refractivity contribution in [2.45, 2.75) is 66.3 Å². The van der Waals surface area contributed by atoms with E-state index >= 15 is 4.39 Å². The number of nitrogens with zero attached hydrogens (tertiary/aromatic N) is 3. The van der Waals surface area contributed by atoms with E-state index in [0.717, 1.165) is 5.56 Å². The summed E-state index contributed by atoms with van der Waals surface area (Å²) >= 11 is 0. The summed E-state index contributed by atoms with van der Waals surface area (Å²) < 4.78 is 32.6. The molecule has 2 heterocycles. The number of amides is 1. The van der Waals surface area contributed by atoms with Gasteiger partial charge in [-0.05, 0) is 55.7 Å². The van der Waals surface area contributed by atoms with Gasteiger partial charge in [0.25, 0.3) is 0 Å². The maximum absolute atomic E-state index is 15.5. The second-order valence-corrected chi connectivity index (χ2v) is 9.30. The molecule has 0 fully saturated rings. The van der Waals surface area contributed by atoms with E-state index in [9.17, 15) is 14.7 Å². The van der Waals surface area contributed by atoms with E-state index in [2.05, 4.69) is 0 Å². The number of ketones is 1. The summed E-state index contributed by atoms with van der Waals surface area (Å²) in [6.07, 6.45) is 0.497. The van der Waals surface area contributed by atoms with Gasteiger partial charge >= 0.3 is 6.09 Å². The minimum Gasteiger partial charge on any atom is -0.453 e. The SMILES string of the molecule is CC.CCCC(=O)c1cc(C)c(-c2nc3cc(C)ccn3c2C[C@H](O)CN(CC(OC)OC)C(=O)OC)c(F)c1. The minimum atomic E-state index is -1.04. The quantitative estimate of drug-likeness (QED) is 0.236. The number of fused-ring (bicyclic) bond motifs is 1. The highest BCUT2D eigenvalue weighted by Crippen LogP contribution is 2.32. The van der Waals surface area contributed by atoms with Crippen molar-refractivity contribution in [1.82, 2.24) is 14.3 Å². The predicted molar refractivity (Wildman–Crippen MR) is 152 cm³/mol. The molecule has 2 aromatic heterocycles. The molecule has 1 aromatic carbocycles. The summed E-state index contributed by atoms with van der Waals surface area (Å²) in [5.74, 6) is -0.671. The molecule has 3 rings (SSSR count). The first-order valence-corrected chi connectivity index (χ1v) is 13.5. The van der Waals surface area contributed by atoms with Crippen molar-refractivity contribution >= 4 is 17.5 Å². The van der Waals surface area contributed by atoms with Crippen LogP contribution in [0.5, 0.6) is 0 Å². The Labute approximate surface area is 235 Å². The van der Waals surface area contributed by atoms with Crippen LogP contribution >= 0.6 is 0 Å². The Morgan fingerprint density at radius 3 is 2.35 bits per heavy atom. The number of hydrogen-bond donors (Lipinski definition) is 1. The number of hydrogen-bond acceptors (Lipinski definition) is 7. The van der Waals surface area contributed by atoms with Crippen molar-refractivity contribution in [3.8, 4) is 11.3 Å². The molecule has 1 atom stereocenters. The van der Waals surface area contributed by atoms with E-state index < -0.39 is 24.3 Å². The Balaban J connectivity index is 0.00000274. The summed E-state index contributed by atoms with van der Waals surface area (Å²) in [5.41, 5.74) is 3.67. The Hall–Kier alpha value is -3.34. The largest absolute Gasteiger partial charge is 0.453 e. The van der Waals surface area contributed by atoms with Crippen LogP contribution in [0, 0.1) is 19.7 Å². The lowest BCUT2D eigenvalue weighted by Crippen LogP contribution is -2.43. The molecular weight excluding hydrogens is 517 g/mol. The average molecular weight is 560 g/mol. The number of pyridine rings is 1. The Bertz CT molecular complexity index is 1260. The summed E-state index contributed by atoms with van der Waals surface area (Å²) in [7, 11) is 4.15. The van der Waals surface area contributed by atoms with Gasteiger partial charge in [-0.2, -0.15) is 0 Å². The number of carbonyl (C=O) groups excluding carboxylic acids is 2. The Kier molecular flexibility index (Phi) is 12.7. The molecular formula is C30H42FN3O6. The van der Waals surface area contributed by atoms with Crippen LogP contribution in [0.1, 0.15) is 60.8 Å². The van der Waals surface area contributed by atoms with Gasteiger partial charge in [0.15, 0.2) is 12.1 Å². The van der Waals surface area contributed by atoms with Crippen molar-refractivity contribution < 1.29 is 33.3 Å². The number of aliphatic hydroxyl groups is 1. The van der Waals surface area contributed by atoms with Crippen molar-refractivity contribution in [3.05, 3.63) is 58.7 Å². The van der Waals surface area contributed by atoms with Crippen LogP contribution in [0.3, 0.4) is 0 Å². The number of halogens is 1. The van der Waals surface area contributed by atoms with Crippen LogP contribution in [0.4, 0.5) is 9.18 Å². The predicted octanol–water partition coefficient (Wildman–Crippen LogP) is 5.36. The van der Waals surface area contributed by atoms with Gasteiger partial charge < -0.3 is 28.6 Å². The zero-order valence-electron chi connectivity index (χ0n) is 24.8. The number of Topliss-reactive ketones (excluding diaryl/α,β-unsaturated/α-hetero) is 1. The number of rotatable bonds is 12. The molecule has 0 saturated heterocycles. The maximum Gasteiger partial charge on any atom is 0.409 e. The fourth-order valence-electron chi connectivity index (χ4n) is 4.49. The van der Waals surface area contributed by atoms with Crippen molar-refractivity contribution in [3.63, 3.8) is 0 Å². The van der Waals surface area contributed by atoms with Gasteiger partial charge in [-0.25, -0.2) is 14.2 Å². The number of aromatic nitrogens is 2. The van der Waals surface area contributed by atoms with Crippen molar-refractivity contribution in [1.29, 1.82) is 0 Å². The molecule has 3 aromatic rings. The second-order valence-electron chi connectivity index (χ2n) is 9.30. The maximum atomic E-state index is 15.5. The number of ether oxygens (including phenoxy) is 3. The molecule has 1 N–H and O–H groups in total. The van der Waals surface area contributed by atoms with Gasteiger partial charge in [0.1, 0.15) is 11.5 Å². The molecule has 0 spiro atoms. The number of carbonyl (C=O) groups is 2. The lowest BCUT2D eigenvalue weighted by atomic mass is 9.96. The van der Waals surface area contributed by atoms with E-state index in [-0.39, 0.29) is 30.9 Å².